The summed E-state index contributed by atoms with van der Waals surface area (Å²) in [6.07, 6.45) is 3.59. The molecule has 0 fully saturated rings. The maximum Gasteiger partial charge on any atom is 0.122 e. The van der Waals surface area contributed by atoms with Crippen molar-refractivity contribution in [3.05, 3.63) is 29.8 Å². The molecule has 18 heavy (non-hydrogen) atoms. The van der Waals surface area contributed by atoms with Crippen LogP contribution in [0.25, 0.3) is 0 Å². The normalized spacial score (nSPS) is 10.9. The van der Waals surface area contributed by atoms with Gasteiger partial charge in [0.15, 0.2) is 0 Å². The highest BCUT2D eigenvalue weighted by atomic mass is 16.5. The molecule has 0 aliphatic rings. The minimum Gasteiger partial charge on any atom is -0.492 e. The molecule has 1 aromatic rings. The number of benzene rings is 1. The van der Waals surface area contributed by atoms with Crippen molar-refractivity contribution in [2.24, 2.45) is 0 Å². The first-order chi connectivity index (χ1) is 8.81. The molecule has 0 aromatic heterocycles. The Morgan fingerprint density at radius 2 is 1.78 bits per heavy atom. The largest absolute Gasteiger partial charge is 0.492 e. The standard InChI is InChI=1S/C16H27NO/c1-4-7-10-15-11-8-9-12-16(15)18-14-13-17(5-2)6-3/h8-9,11-12H,4-7,10,13-14H2,1-3H3. The van der Waals surface area contributed by atoms with Crippen LogP contribution in [0, 0.1) is 0 Å². The van der Waals surface area contributed by atoms with Gasteiger partial charge in [0.2, 0.25) is 0 Å². The number of ether oxygens (including phenoxy) is 1. The number of unbranched alkanes of at least 4 members (excludes halogenated alkanes) is 1. The Balaban J connectivity index is 2.45. The van der Waals surface area contributed by atoms with Gasteiger partial charge in [0, 0.05) is 6.54 Å². The molecular formula is C16H27NO. The van der Waals surface area contributed by atoms with E-state index < -0.39 is 0 Å². The Bertz CT molecular complexity index is 321. The Morgan fingerprint density at radius 1 is 1.06 bits per heavy atom. The number of hydrogen-bond acceptors (Lipinski definition) is 2. The summed E-state index contributed by atoms with van der Waals surface area (Å²) in [4.78, 5) is 2.38. The molecule has 0 amide bonds. The van der Waals surface area contributed by atoms with Crippen LogP contribution in [0.15, 0.2) is 24.3 Å². The molecule has 2 heteroatoms. The van der Waals surface area contributed by atoms with Crippen LogP contribution in [-0.2, 0) is 6.42 Å². The summed E-state index contributed by atoms with van der Waals surface area (Å²) in [6, 6.07) is 8.43. The van der Waals surface area contributed by atoms with Crippen molar-refractivity contribution in [1.82, 2.24) is 4.90 Å². The lowest BCUT2D eigenvalue weighted by Gasteiger charge is -2.19. The summed E-state index contributed by atoms with van der Waals surface area (Å²) in [5, 5.41) is 0. The van der Waals surface area contributed by atoms with Gasteiger partial charge in [-0.2, -0.15) is 0 Å². The van der Waals surface area contributed by atoms with Gasteiger partial charge in [0.05, 0.1) is 0 Å². The second-order valence-electron chi connectivity index (χ2n) is 4.59. The average Bonchev–Trinajstić information content (AvgIpc) is 2.42. The monoisotopic (exact) mass is 249 g/mol. The van der Waals surface area contributed by atoms with E-state index in [1.165, 1.54) is 18.4 Å². The number of aryl methyl sites for hydroxylation is 1. The van der Waals surface area contributed by atoms with Gasteiger partial charge < -0.3 is 9.64 Å². The van der Waals surface area contributed by atoms with Crippen LogP contribution in [0.1, 0.15) is 39.2 Å². The van der Waals surface area contributed by atoms with Gasteiger partial charge in [-0.15, -0.1) is 0 Å². The van der Waals surface area contributed by atoms with Crippen molar-refractivity contribution < 1.29 is 4.74 Å². The maximum atomic E-state index is 5.93. The second-order valence-corrected chi connectivity index (χ2v) is 4.59. The lowest BCUT2D eigenvalue weighted by molar-refractivity contribution is 0.221. The summed E-state index contributed by atoms with van der Waals surface area (Å²) < 4.78 is 5.93. The van der Waals surface area contributed by atoms with Crippen molar-refractivity contribution in [2.45, 2.75) is 40.0 Å². The number of likely N-dealkylation sites (N-methyl/N-ethyl adjacent to an activating group) is 1. The summed E-state index contributed by atoms with van der Waals surface area (Å²) in [7, 11) is 0. The lowest BCUT2D eigenvalue weighted by Crippen LogP contribution is -2.28. The smallest absolute Gasteiger partial charge is 0.122 e. The molecule has 2 nitrogen and oxygen atoms in total. The van der Waals surface area contributed by atoms with E-state index in [0.29, 0.717) is 0 Å². The zero-order valence-corrected chi connectivity index (χ0v) is 12.1. The van der Waals surface area contributed by atoms with Crippen molar-refractivity contribution in [3.8, 4) is 5.75 Å². The first-order valence-corrected chi connectivity index (χ1v) is 7.24. The number of nitrogens with zero attached hydrogens (tertiary/aromatic N) is 1. The van der Waals surface area contributed by atoms with Crippen molar-refractivity contribution in [1.29, 1.82) is 0 Å². The van der Waals surface area contributed by atoms with Gasteiger partial charge in [-0.1, -0.05) is 45.4 Å². The first-order valence-electron chi connectivity index (χ1n) is 7.24. The highest BCUT2D eigenvalue weighted by molar-refractivity contribution is 5.33. The highest BCUT2D eigenvalue weighted by Gasteiger charge is 2.03. The van der Waals surface area contributed by atoms with E-state index >= 15 is 0 Å². The topological polar surface area (TPSA) is 12.5 Å². The van der Waals surface area contributed by atoms with Gasteiger partial charge >= 0.3 is 0 Å². The fraction of sp³-hybridized carbons (Fsp3) is 0.625. The summed E-state index contributed by atoms with van der Waals surface area (Å²) >= 11 is 0. The van der Waals surface area contributed by atoms with Crippen molar-refractivity contribution >= 4 is 0 Å². The lowest BCUT2D eigenvalue weighted by atomic mass is 10.1. The fourth-order valence-corrected chi connectivity index (χ4v) is 2.04. The Hall–Kier alpha value is -1.02. The van der Waals surface area contributed by atoms with Gasteiger partial charge in [-0.25, -0.2) is 0 Å². The predicted octanol–water partition coefficient (Wildman–Crippen LogP) is 3.75. The van der Waals surface area contributed by atoms with Gasteiger partial charge in [-0.3, -0.25) is 0 Å². The number of rotatable bonds is 9. The van der Waals surface area contributed by atoms with Gasteiger partial charge in [0.1, 0.15) is 12.4 Å². The highest BCUT2D eigenvalue weighted by Crippen LogP contribution is 2.19. The molecule has 0 heterocycles. The van der Waals surface area contributed by atoms with Crippen LogP contribution in [0.5, 0.6) is 5.75 Å². The SMILES string of the molecule is CCCCc1ccccc1OCCN(CC)CC. The summed E-state index contributed by atoms with van der Waals surface area (Å²) in [5.41, 5.74) is 1.35. The molecule has 0 aliphatic carbocycles. The molecule has 1 aromatic carbocycles. The van der Waals surface area contributed by atoms with E-state index in [2.05, 4.69) is 49.9 Å². The molecule has 0 aliphatic heterocycles. The molecule has 0 saturated carbocycles. The zero-order chi connectivity index (χ0) is 13.2. The second kappa shape index (κ2) is 8.98. The van der Waals surface area contributed by atoms with Crippen molar-refractivity contribution in [2.75, 3.05) is 26.2 Å². The van der Waals surface area contributed by atoms with Crippen LogP contribution in [0.3, 0.4) is 0 Å². The Morgan fingerprint density at radius 3 is 2.44 bits per heavy atom. The minimum atomic E-state index is 0.783. The third-order valence-corrected chi connectivity index (χ3v) is 3.33. The number of para-hydroxylation sites is 1. The Kier molecular flexibility index (Phi) is 7.51. The number of hydrogen-bond donors (Lipinski definition) is 0. The first kappa shape index (κ1) is 15.0. The molecular weight excluding hydrogens is 222 g/mol. The van der Waals surface area contributed by atoms with Crippen LogP contribution in [-0.4, -0.2) is 31.1 Å². The van der Waals surface area contributed by atoms with Crippen LogP contribution in [0.2, 0.25) is 0 Å². The molecule has 0 bridgehead atoms. The average molecular weight is 249 g/mol. The Labute approximate surface area is 112 Å². The van der Waals surface area contributed by atoms with E-state index in [9.17, 15) is 0 Å². The quantitative estimate of drug-likeness (QED) is 0.661. The molecule has 0 unspecified atom stereocenters. The van der Waals surface area contributed by atoms with E-state index in [-0.39, 0.29) is 0 Å². The van der Waals surface area contributed by atoms with Gasteiger partial charge in [-0.05, 0) is 37.6 Å². The molecule has 1 rings (SSSR count). The van der Waals surface area contributed by atoms with Gasteiger partial charge in [0.25, 0.3) is 0 Å². The van der Waals surface area contributed by atoms with Crippen molar-refractivity contribution in [3.63, 3.8) is 0 Å². The summed E-state index contributed by atoms with van der Waals surface area (Å²) in [5.74, 6) is 1.07. The van der Waals surface area contributed by atoms with Crippen LogP contribution >= 0.6 is 0 Å². The summed E-state index contributed by atoms with van der Waals surface area (Å²) in [6.45, 7) is 10.6. The predicted molar refractivity (Wildman–Crippen MR) is 78.3 cm³/mol. The fourth-order valence-electron chi connectivity index (χ4n) is 2.04. The van der Waals surface area contributed by atoms with Crippen LogP contribution in [0.4, 0.5) is 0 Å². The maximum absolute atomic E-state index is 5.93. The molecule has 0 N–H and O–H groups in total. The zero-order valence-electron chi connectivity index (χ0n) is 12.1. The van der Waals surface area contributed by atoms with E-state index in [1.54, 1.807) is 0 Å². The van der Waals surface area contributed by atoms with E-state index in [0.717, 1.165) is 38.4 Å². The molecule has 102 valence electrons. The molecule has 0 spiro atoms. The molecule has 0 atom stereocenters. The molecule has 0 saturated heterocycles. The van der Waals surface area contributed by atoms with E-state index in [1.807, 2.05) is 0 Å². The third-order valence-electron chi connectivity index (χ3n) is 3.33. The minimum absolute atomic E-state index is 0.783. The molecule has 0 radical (unpaired) electrons. The third kappa shape index (κ3) is 5.09. The van der Waals surface area contributed by atoms with E-state index in [4.69, 9.17) is 4.74 Å². The van der Waals surface area contributed by atoms with Crippen LogP contribution < -0.4 is 4.74 Å².